The minimum absolute atomic E-state index is 0.340. The summed E-state index contributed by atoms with van der Waals surface area (Å²) in [5.74, 6) is 0. The van der Waals surface area contributed by atoms with Crippen LogP contribution in [0.3, 0.4) is 0 Å². The molecule has 1 unspecified atom stereocenters. The number of nitrogens with one attached hydrogen (secondary N) is 1. The Labute approximate surface area is 54.3 Å². The maximum absolute atomic E-state index is 11.7. The molecular weight excluding hydrogens is 121 g/mol. The monoisotopic (exact) mass is 133 g/mol. The van der Waals surface area contributed by atoms with Gasteiger partial charge in [-0.25, -0.2) is 0 Å². The average molecular weight is 133 g/mol. The van der Waals surface area contributed by atoms with Crippen molar-refractivity contribution in [2.45, 2.75) is 31.9 Å². The zero-order valence-corrected chi connectivity index (χ0v) is 5.40. The lowest BCUT2D eigenvalue weighted by atomic mass is 10.2. The van der Waals surface area contributed by atoms with E-state index in [4.69, 9.17) is 4.74 Å². The van der Waals surface area contributed by atoms with Crippen LogP contribution in [0.4, 0.5) is 4.48 Å². The normalized spacial score (nSPS) is 29.7. The first-order valence-corrected chi connectivity index (χ1v) is 3.41. The molecular formula is C6H12FNO. The van der Waals surface area contributed by atoms with Crippen molar-refractivity contribution >= 4 is 0 Å². The maximum Gasteiger partial charge on any atom is 0.135 e. The van der Waals surface area contributed by atoms with Crippen LogP contribution in [0.5, 0.6) is 0 Å². The zero-order valence-electron chi connectivity index (χ0n) is 5.40. The van der Waals surface area contributed by atoms with Gasteiger partial charge in [-0.3, -0.25) is 0 Å². The summed E-state index contributed by atoms with van der Waals surface area (Å²) in [4.78, 5) is 0. The summed E-state index contributed by atoms with van der Waals surface area (Å²) in [6.45, 7) is 0.696. The van der Waals surface area contributed by atoms with Crippen molar-refractivity contribution in [1.82, 2.24) is 5.54 Å². The fourth-order valence-electron chi connectivity index (χ4n) is 1.00. The molecule has 1 atom stereocenters. The molecule has 0 aromatic carbocycles. The van der Waals surface area contributed by atoms with Gasteiger partial charge in [0.1, 0.15) is 6.23 Å². The van der Waals surface area contributed by atoms with Gasteiger partial charge in [0, 0.05) is 6.61 Å². The average Bonchev–Trinajstić information content (AvgIpc) is 2.13. The second kappa shape index (κ2) is 3.80. The molecule has 54 valence electrons. The predicted molar refractivity (Wildman–Crippen MR) is 32.5 cm³/mol. The van der Waals surface area contributed by atoms with Crippen LogP contribution in [0.25, 0.3) is 0 Å². The SMILES string of the molecule is FNC1CCCCCO1. The maximum atomic E-state index is 11.7. The summed E-state index contributed by atoms with van der Waals surface area (Å²) >= 11 is 0. The molecule has 2 nitrogen and oxygen atoms in total. The van der Waals surface area contributed by atoms with Gasteiger partial charge in [-0.15, -0.1) is 10.0 Å². The van der Waals surface area contributed by atoms with E-state index in [0.29, 0.717) is 6.61 Å². The van der Waals surface area contributed by atoms with E-state index in [9.17, 15) is 4.48 Å². The third-order valence-corrected chi connectivity index (χ3v) is 1.55. The van der Waals surface area contributed by atoms with Gasteiger partial charge in [0.05, 0.1) is 0 Å². The highest BCUT2D eigenvalue weighted by Gasteiger charge is 2.10. The van der Waals surface area contributed by atoms with Gasteiger partial charge in [-0.05, 0) is 19.3 Å². The summed E-state index contributed by atoms with van der Waals surface area (Å²) in [6, 6.07) is 0. The van der Waals surface area contributed by atoms with Crippen LogP contribution in [0.2, 0.25) is 0 Å². The fourth-order valence-corrected chi connectivity index (χ4v) is 1.00. The van der Waals surface area contributed by atoms with E-state index in [1.807, 2.05) is 0 Å². The van der Waals surface area contributed by atoms with Crippen LogP contribution in [0.15, 0.2) is 0 Å². The van der Waals surface area contributed by atoms with Crippen molar-refractivity contribution in [1.29, 1.82) is 0 Å². The van der Waals surface area contributed by atoms with Crippen molar-refractivity contribution in [3.63, 3.8) is 0 Å². The summed E-state index contributed by atoms with van der Waals surface area (Å²) in [5, 5.41) is 0. The lowest BCUT2D eigenvalue weighted by Gasteiger charge is -2.09. The topological polar surface area (TPSA) is 21.3 Å². The van der Waals surface area contributed by atoms with Gasteiger partial charge in [0.25, 0.3) is 0 Å². The van der Waals surface area contributed by atoms with Crippen molar-refractivity contribution in [2.75, 3.05) is 6.61 Å². The summed E-state index contributed by atoms with van der Waals surface area (Å²) in [7, 11) is 0. The molecule has 0 bridgehead atoms. The van der Waals surface area contributed by atoms with E-state index < -0.39 is 0 Å². The lowest BCUT2D eigenvalue weighted by molar-refractivity contribution is -0.00880. The van der Waals surface area contributed by atoms with Gasteiger partial charge < -0.3 is 4.74 Å². The molecule has 1 saturated heterocycles. The molecule has 9 heavy (non-hydrogen) atoms. The van der Waals surface area contributed by atoms with E-state index >= 15 is 0 Å². The molecule has 1 fully saturated rings. The first-order chi connectivity index (χ1) is 4.43. The molecule has 1 heterocycles. The van der Waals surface area contributed by atoms with E-state index in [0.717, 1.165) is 25.7 Å². The van der Waals surface area contributed by atoms with E-state index in [1.165, 1.54) is 0 Å². The Bertz CT molecular complexity index is 71.5. The Morgan fingerprint density at radius 1 is 1.33 bits per heavy atom. The van der Waals surface area contributed by atoms with Gasteiger partial charge in [-0.1, -0.05) is 6.42 Å². The standard InChI is InChI=1S/C6H12FNO/c7-8-6-4-2-1-3-5-9-6/h6,8H,1-5H2. The van der Waals surface area contributed by atoms with Crippen LogP contribution in [0.1, 0.15) is 25.7 Å². The molecule has 0 spiro atoms. The fraction of sp³-hybridized carbons (Fsp3) is 1.00. The van der Waals surface area contributed by atoms with Gasteiger partial charge in [0.2, 0.25) is 0 Å². The van der Waals surface area contributed by atoms with Crippen LogP contribution in [-0.2, 0) is 4.74 Å². The molecule has 0 aromatic rings. The smallest absolute Gasteiger partial charge is 0.135 e. The van der Waals surface area contributed by atoms with Gasteiger partial charge in [0.15, 0.2) is 0 Å². The Morgan fingerprint density at radius 3 is 3.00 bits per heavy atom. The Kier molecular flexibility index (Phi) is 2.94. The van der Waals surface area contributed by atoms with E-state index in [-0.39, 0.29) is 6.23 Å². The largest absolute Gasteiger partial charge is 0.361 e. The third-order valence-electron chi connectivity index (χ3n) is 1.55. The molecule has 0 aliphatic carbocycles. The van der Waals surface area contributed by atoms with Crippen LogP contribution in [0, 0.1) is 0 Å². The van der Waals surface area contributed by atoms with E-state index in [2.05, 4.69) is 0 Å². The molecule has 1 aliphatic rings. The highest BCUT2D eigenvalue weighted by molar-refractivity contribution is 4.55. The molecule has 1 N–H and O–H groups in total. The highest BCUT2D eigenvalue weighted by Crippen LogP contribution is 2.10. The molecule has 0 saturated carbocycles. The predicted octanol–water partition coefficient (Wildman–Crippen LogP) is 1.38. The number of rotatable bonds is 1. The van der Waals surface area contributed by atoms with Gasteiger partial charge >= 0.3 is 0 Å². The third kappa shape index (κ3) is 2.28. The minimum atomic E-state index is -0.340. The Hall–Kier alpha value is -0.150. The van der Waals surface area contributed by atoms with Crippen LogP contribution < -0.4 is 5.54 Å². The van der Waals surface area contributed by atoms with Crippen molar-refractivity contribution in [3.05, 3.63) is 0 Å². The Morgan fingerprint density at radius 2 is 2.22 bits per heavy atom. The zero-order chi connectivity index (χ0) is 6.53. The Balaban J connectivity index is 2.18. The van der Waals surface area contributed by atoms with E-state index in [1.54, 1.807) is 5.54 Å². The number of ether oxygens (including phenoxy) is 1. The first-order valence-electron chi connectivity index (χ1n) is 3.41. The van der Waals surface area contributed by atoms with Crippen molar-refractivity contribution in [3.8, 4) is 0 Å². The molecule has 0 aromatic heterocycles. The number of hydrogen-bond donors (Lipinski definition) is 1. The van der Waals surface area contributed by atoms with Gasteiger partial charge in [-0.2, -0.15) is 0 Å². The summed E-state index contributed by atoms with van der Waals surface area (Å²) < 4.78 is 16.8. The number of hydrogen-bond acceptors (Lipinski definition) is 2. The molecule has 0 radical (unpaired) electrons. The second-order valence-corrected chi connectivity index (χ2v) is 2.32. The molecule has 1 rings (SSSR count). The molecule has 3 heteroatoms. The van der Waals surface area contributed by atoms with Crippen LogP contribution >= 0.6 is 0 Å². The quantitative estimate of drug-likeness (QED) is 0.545. The van der Waals surface area contributed by atoms with Crippen molar-refractivity contribution < 1.29 is 9.22 Å². The molecule has 0 amide bonds. The van der Waals surface area contributed by atoms with Crippen molar-refractivity contribution in [2.24, 2.45) is 0 Å². The second-order valence-electron chi connectivity index (χ2n) is 2.32. The molecule has 1 aliphatic heterocycles. The summed E-state index contributed by atoms with van der Waals surface area (Å²) in [6.07, 6.45) is 3.77. The summed E-state index contributed by atoms with van der Waals surface area (Å²) in [5.41, 5.74) is 1.62. The van der Waals surface area contributed by atoms with Crippen LogP contribution in [-0.4, -0.2) is 12.8 Å². The minimum Gasteiger partial charge on any atom is -0.361 e. The lowest BCUT2D eigenvalue weighted by Crippen LogP contribution is -2.23. The number of halogens is 1. The first kappa shape index (κ1) is 6.96. The highest BCUT2D eigenvalue weighted by atomic mass is 19.2.